The maximum Gasteiger partial charge on any atom is 0.255 e. The van der Waals surface area contributed by atoms with Crippen molar-refractivity contribution < 1.29 is 14.7 Å². The largest absolute Gasteiger partial charge is 0.391 e. The lowest BCUT2D eigenvalue weighted by molar-refractivity contribution is -0.0299. The molecule has 1 spiro atoms. The fraction of sp³-hybridized carbons (Fsp3) is 0.458. The van der Waals surface area contributed by atoms with Gasteiger partial charge in [-0.2, -0.15) is 0 Å². The highest BCUT2D eigenvalue weighted by atomic mass is 16.3. The average Bonchev–Trinajstić information content (AvgIpc) is 2.72. The van der Waals surface area contributed by atoms with Crippen molar-refractivity contribution in [2.45, 2.75) is 39.2 Å². The van der Waals surface area contributed by atoms with E-state index in [0.29, 0.717) is 38.2 Å². The van der Waals surface area contributed by atoms with Crippen molar-refractivity contribution in [1.82, 2.24) is 14.8 Å². The second-order valence-electron chi connectivity index (χ2n) is 8.95. The van der Waals surface area contributed by atoms with E-state index in [-0.39, 0.29) is 17.2 Å². The standard InChI is InChI=1S/C24H29N3O3/c1-17-10-18(2)12-20(11-17)23(30)26-8-5-24(6-9-26)13-21(28)15-27(16-24)22(29)19-4-3-7-25-14-19/h3-4,7,10-12,14,21,28H,5-6,8-9,13,15-16H2,1-2H3. The molecule has 30 heavy (non-hydrogen) atoms. The number of likely N-dealkylation sites (tertiary alicyclic amines) is 2. The van der Waals surface area contributed by atoms with E-state index >= 15 is 0 Å². The van der Waals surface area contributed by atoms with Crippen molar-refractivity contribution in [1.29, 1.82) is 0 Å². The highest BCUT2D eigenvalue weighted by Crippen LogP contribution is 2.40. The molecule has 6 nitrogen and oxygen atoms in total. The second-order valence-corrected chi connectivity index (χ2v) is 8.95. The van der Waals surface area contributed by atoms with Crippen LogP contribution < -0.4 is 0 Å². The maximum absolute atomic E-state index is 13.0. The molecule has 1 N–H and O–H groups in total. The van der Waals surface area contributed by atoms with Crippen LogP contribution in [0.15, 0.2) is 42.7 Å². The Labute approximate surface area is 177 Å². The number of rotatable bonds is 2. The average molecular weight is 408 g/mol. The minimum atomic E-state index is -0.541. The fourth-order valence-corrected chi connectivity index (χ4v) is 5.01. The van der Waals surface area contributed by atoms with Crippen molar-refractivity contribution in [3.05, 3.63) is 65.0 Å². The Kier molecular flexibility index (Phi) is 5.60. The molecule has 0 saturated carbocycles. The number of hydrogen-bond acceptors (Lipinski definition) is 4. The number of aryl methyl sites for hydroxylation is 2. The Morgan fingerprint density at radius 3 is 2.33 bits per heavy atom. The summed E-state index contributed by atoms with van der Waals surface area (Å²) in [6.07, 6.45) is 4.93. The lowest BCUT2D eigenvalue weighted by atomic mass is 9.71. The predicted molar refractivity (Wildman–Crippen MR) is 114 cm³/mol. The summed E-state index contributed by atoms with van der Waals surface area (Å²) in [7, 11) is 0. The Morgan fingerprint density at radius 1 is 1.03 bits per heavy atom. The van der Waals surface area contributed by atoms with Crippen LogP contribution in [0.5, 0.6) is 0 Å². The van der Waals surface area contributed by atoms with Gasteiger partial charge in [0.2, 0.25) is 0 Å². The van der Waals surface area contributed by atoms with Crippen molar-refractivity contribution in [3.63, 3.8) is 0 Å². The molecule has 2 aromatic rings. The Balaban J connectivity index is 1.45. The van der Waals surface area contributed by atoms with Crippen LogP contribution in [0.3, 0.4) is 0 Å². The minimum absolute atomic E-state index is 0.0660. The van der Waals surface area contributed by atoms with Gasteiger partial charge in [0.25, 0.3) is 11.8 Å². The molecule has 158 valence electrons. The number of carbonyl (C=O) groups excluding carboxylic acids is 2. The molecule has 2 aliphatic rings. The molecule has 1 atom stereocenters. The van der Waals surface area contributed by atoms with Crippen LogP contribution in [0.4, 0.5) is 0 Å². The zero-order valence-electron chi connectivity index (χ0n) is 17.7. The van der Waals surface area contributed by atoms with Gasteiger partial charge in [0.05, 0.1) is 11.7 Å². The van der Waals surface area contributed by atoms with Gasteiger partial charge in [0, 0.05) is 44.1 Å². The molecular weight excluding hydrogens is 378 g/mol. The molecule has 0 aliphatic carbocycles. The molecule has 4 rings (SSSR count). The van der Waals surface area contributed by atoms with E-state index in [1.165, 1.54) is 0 Å². The summed E-state index contributed by atoms with van der Waals surface area (Å²) in [6.45, 7) is 6.27. The van der Waals surface area contributed by atoms with Gasteiger partial charge in [-0.3, -0.25) is 14.6 Å². The van der Waals surface area contributed by atoms with E-state index in [1.54, 1.807) is 29.4 Å². The lowest BCUT2D eigenvalue weighted by Crippen LogP contribution is -2.55. The number of carbonyl (C=O) groups is 2. The molecule has 1 aromatic heterocycles. The van der Waals surface area contributed by atoms with E-state index < -0.39 is 6.10 Å². The van der Waals surface area contributed by atoms with E-state index in [0.717, 1.165) is 29.5 Å². The van der Waals surface area contributed by atoms with Gasteiger partial charge in [-0.1, -0.05) is 17.2 Å². The molecular formula is C24H29N3O3. The number of nitrogens with zero attached hydrogens (tertiary/aromatic N) is 3. The van der Waals surface area contributed by atoms with Crippen molar-refractivity contribution in [2.24, 2.45) is 5.41 Å². The number of β-amino-alcohol motifs (C(OH)–C–C–N with tert-alkyl or cyclic N) is 1. The van der Waals surface area contributed by atoms with Crippen LogP contribution in [-0.4, -0.2) is 64.0 Å². The van der Waals surface area contributed by atoms with Crippen LogP contribution in [-0.2, 0) is 0 Å². The van der Waals surface area contributed by atoms with E-state index in [1.807, 2.05) is 30.9 Å². The number of aliphatic hydroxyl groups is 1. The molecule has 2 aliphatic heterocycles. The lowest BCUT2D eigenvalue weighted by Gasteiger charge is -2.49. The third-order valence-electron chi connectivity index (χ3n) is 6.40. The zero-order valence-corrected chi connectivity index (χ0v) is 17.7. The zero-order chi connectivity index (χ0) is 21.3. The molecule has 1 aromatic carbocycles. The quantitative estimate of drug-likeness (QED) is 0.831. The SMILES string of the molecule is Cc1cc(C)cc(C(=O)N2CCC3(CC2)CC(O)CN(C(=O)c2cccnc2)C3)c1. The van der Waals surface area contributed by atoms with Gasteiger partial charge in [-0.25, -0.2) is 0 Å². The van der Waals surface area contributed by atoms with Crippen LogP contribution in [0.1, 0.15) is 51.1 Å². The maximum atomic E-state index is 13.0. The van der Waals surface area contributed by atoms with Gasteiger partial charge in [0.1, 0.15) is 0 Å². The van der Waals surface area contributed by atoms with Crippen LogP contribution in [0.25, 0.3) is 0 Å². The molecule has 3 heterocycles. The summed E-state index contributed by atoms with van der Waals surface area (Å²) in [5.74, 6) is -0.0220. The third kappa shape index (κ3) is 4.24. The molecule has 2 fully saturated rings. The Morgan fingerprint density at radius 2 is 1.70 bits per heavy atom. The number of aromatic nitrogens is 1. The van der Waals surface area contributed by atoms with Crippen molar-refractivity contribution >= 4 is 11.8 Å². The predicted octanol–water partition coefficient (Wildman–Crippen LogP) is 2.83. The molecule has 2 saturated heterocycles. The number of piperidine rings is 2. The molecule has 2 amide bonds. The molecule has 0 bridgehead atoms. The van der Waals surface area contributed by atoms with Crippen LogP contribution >= 0.6 is 0 Å². The third-order valence-corrected chi connectivity index (χ3v) is 6.40. The summed E-state index contributed by atoms with van der Waals surface area (Å²) < 4.78 is 0. The first-order valence-corrected chi connectivity index (χ1v) is 10.6. The molecule has 6 heteroatoms. The minimum Gasteiger partial charge on any atom is -0.391 e. The molecule has 1 unspecified atom stereocenters. The smallest absolute Gasteiger partial charge is 0.255 e. The topological polar surface area (TPSA) is 73.7 Å². The highest BCUT2D eigenvalue weighted by Gasteiger charge is 2.43. The van der Waals surface area contributed by atoms with Gasteiger partial charge in [-0.05, 0) is 62.8 Å². The van der Waals surface area contributed by atoms with Crippen LogP contribution in [0.2, 0.25) is 0 Å². The molecule has 0 radical (unpaired) electrons. The number of pyridine rings is 1. The van der Waals surface area contributed by atoms with Gasteiger partial charge in [-0.15, -0.1) is 0 Å². The monoisotopic (exact) mass is 407 g/mol. The van der Waals surface area contributed by atoms with E-state index in [2.05, 4.69) is 11.1 Å². The van der Waals surface area contributed by atoms with Crippen LogP contribution in [0, 0.1) is 19.3 Å². The fourth-order valence-electron chi connectivity index (χ4n) is 5.01. The summed E-state index contributed by atoms with van der Waals surface area (Å²) in [4.78, 5) is 33.6. The number of hydrogen-bond donors (Lipinski definition) is 1. The summed E-state index contributed by atoms with van der Waals surface area (Å²) >= 11 is 0. The van der Waals surface area contributed by atoms with Gasteiger partial charge >= 0.3 is 0 Å². The first kappa shape index (κ1) is 20.5. The van der Waals surface area contributed by atoms with E-state index in [4.69, 9.17) is 0 Å². The van der Waals surface area contributed by atoms with Crippen molar-refractivity contribution in [3.8, 4) is 0 Å². The number of amides is 2. The van der Waals surface area contributed by atoms with E-state index in [9.17, 15) is 14.7 Å². The summed E-state index contributed by atoms with van der Waals surface area (Å²) in [5, 5.41) is 10.5. The summed E-state index contributed by atoms with van der Waals surface area (Å²) in [5.41, 5.74) is 3.32. The number of aliphatic hydroxyl groups excluding tert-OH is 1. The summed E-state index contributed by atoms with van der Waals surface area (Å²) in [6, 6.07) is 9.46. The normalized spacial score (nSPS) is 21.0. The first-order valence-electron chi connectivity index (χ1n) is 10.6. The van der Waals surface area contributed by atoms with Gasteiger partial charge < -0.3 is 14.9 Å². The van der Waals surface area contributed by atoms with Crippen molar-refractivity contribution in [2.75, 3.05) is 26.2 Å². The number of benzene rings is 1. The highest BCUT2D eigenvalue weighted by molar-refractivity contribution is 5.95. The first-order chi connectivity index (χ1) is 14.3. The second kappa shape index (κ2) is 8.19. The Hall–Kier alpha value is -2.73. The van der Waals surface area contributed by atoms with Gasteiger partial charge in [0.15, 0.2) is 0 Å². The Bertz CT molecular complexity index is 916.